The zero-order valence-corrected chi connectivity index (χ0v) is 23.1. The summed E-state index contributed by atoms with van der Waals surface area (Å²) in [5.41, 5.74) is 13.7. The van der Waals surface area contributed by atoms with Crippen LogP contribution in [0.4, 0.5) is 17.5 Å². The van der Waals surface area contributed by atoms with Crippen LogP contribution in [0.15, 0.2) is 48.9 Å². The molecule has 0 bridgehead atoms. The average molecular weight is 541 g/mol. The van der Waals surface area contributed by atoms with Crippen LogP contribution in [-0.4, -0.2) is 38.5 Å². The first-order chi connectivity index (χ1) is 19.2. The number of nitrogens with one attached hydrogen (secondary N) is 3. The van der Waals surface area contributed by atoms with Crippen molar-refractivity contribution < 1.29 is 9.59 Å². The second kappa shape index (κ2) is 14.4. The lowest BCUT2D eigenvalue weighted by atomic mass is 9.95. The number of anilines is 3. The van der Waals surface area contributed by atoms with Crippen LogP contribution >= 0.6 is 0 Å². The Labute approximate surface area is 234 Å². The highest BCUT2D eigenvalue weighted by atomic mass is 16.2. The van der Waals surface area contributed by atoms with Gasteiger partial charge in [0.1, 0.15) is 23.8 Å². The van der Waals surface area contributed by atoms with Gasteiger partial charge in [-0.3, -0.25) is 15.0 Å². The number of hydrogen-bond donors (Lipinski definition) is 5. The van der Waals surface area contributed by atoms with Gasteiger partial charge in [0.15, 0.2) is 0 Å². The minimum absolute atomic E-state index is 0.217. The van der Waals surface area contributed by atoms with Crippen molar-refractivity contribution >= 4 is 35.0 Å². The Kier molecular flexibility index (Phi) is 10.7. The molecule has 40 heavy (non-hydrogen) atoms. The molecule has 0 radical (unpaired) electrons. The minimum Gasteiger partial charge on any atom is -0.383 e. The molecular weight excluding hydrogens is 504 g/mol. The maximum absolute atomic E-state index is 12.7. The third kappa shape index (κ3) is 8.36. The van der Waals surface area contributed by atoms with Crippen LogP contribution in [0, 0.1) is 17.3 Å². The summed E-state index contributed by atoms with van der Waals surface area (Å²) in [4.78, 5) is 35.1. The van der Waals surface area contributed by atoms with Gasteiger partial charge in [-0.15, -0.1) is 0 Å². The second-order valence-corrected chi connectivity index (χ2v) is 9.74. The Morgan fingerprint density at radius 3 is 2.30 bits per heavy atom. The fourth-order valence-corrected chi connectivity index (χ4v) is 4.31. The first kappa shape index (κ1) is 29.8. The average Bonchev–Trinajstić information content (AvgIpc) is 2.94. The lowest BCUT2D eigenvalue weighted by Crippen LogP contribution is -2.25. The molecule has 10 nitrogen and oxygen atoms in total. The highest BCUT2D eigenvalue weighted by Crippen LogP contribution is 2.26. The summed E-state index contributed by atoms with van der Waals surface area (Å²) >= 11 is 0. The molecule has 208 valence electrons. The van der Waals surface area contributed by atoms with E-state index in [1.54, 1.807) is 37.4 Å². The van der Waals surface area contributed by atoms with E-state index >= 15 is 0 Å². The van der Waals surface area contributed by atoms with Crippen molar-refractivity contribution in [3.63, 3.8) is 0 Å². The number of primary amides is 1. The number of carbonyl (C=O) groups is 2. The van der Waals surface area contributed by atoms with Gasteiger partial charge in [-0.1, -0.05) is 51.2 Å². The molecule has 0 spiro atoms. The number of amides is 2. The maximum Gasteiger partial charge on any atom is 0.293 e. The summed E-state index contributed by atoms with van der Waals surface area (Å²) in [5, 5.41) is 15.1. The summed E-state index contributed by atoms with van der Waals surface area (Å²) in [6.45, 7) is 5.75. The molecule has 1 aromatic carbocycles. The molecule has 1 aliphatic rings. The van der Waals surface area contributed by atoms with Crippen molar-refractivity contribution in [2.24, 2.45) is 5.73 Å². The third-order valence-corrected chi connectivity index (χ3v) is 6.45. The Bertz CT molecular complexity index is 1400. The number of pyridine rings is 1. The summed E-state index contributed by atoms with van der Waals surface area (Å²) in [6, 6.07) is 11.0. The summed E-state index contributed by atoms with van der Waals surface area (Å²) in [5.74, 6) is 5.32. The van der Waals surface area contributed by atoms with Crippen molar-refractivity contribution in [1.82, 2.24) is 15.0 Å². The zero-order chi connectivity index (χ0) is 29.1. The Morgan fingerprint density at radius 1 is 1.02 bits per heavy atom. The molecule has 3 aromatic rings. The van der Waals surface area contributed by atoms with E-state index in [0.717, 1.165) is 18.4 Å². The summed E-state index contributed by atoms with van der Waals surface area (Å²) in [7, 11) is 0. The first-order valence-corrected chi connectivity index (χ1v) is 13.3. The number of nitrogens with zero attached hydrogens (tertiary/aromatic N) is 3. The molecule has 1 saturated carbocycles. The fourth-order valence-electron chi connectivity index (χ4n) is 4.31. The Balaban J connectivity index is 0.000000663. The highest BCUT2D eigenvalue weighted by Gasteiger charge is 2.20. The lowest BCUT2D eigenvalue weighted by Gasteiger charge is -2.24. The van der Waals surface area contributed by atoms with Crippen LogP contribution in [0.5, 0.6) is 0 Å². The topological polar surface area (TPSA) is 173 Å². The lowest BCUT2D eigenvalue weighted by molar-refractivity contribution is -0.112. The van der Waals surface area contributed by atoms with Gasteiger partial charge in [0.05, 0.1) is 11.3 Å². The first-order valence-electron chi connectivity index (χ1n) is 13.3. The van der Waals surface area contributed by atoms with Gasteiger partial charge < -0.3 is 22.1 Å². The molecule has 1 aliphatic carbocycles. The molecule has 10 heteroatoms. The van der Waals surface area contributed by atoms with E-state index in [1.807, 2.05) is 12.1 Å². The van der Waals surface area contributed by atoms with Gasteiger partial charge in [-0.2, -0.15) is 0 Å². The molecule has 0 aliphatic heterocycles. The monoisotopic (exact) mass is 540 g/mol. The number of rotatable bonds is 7. The molecule has 2 aromatic heterocycles. The Morgan fingerprint density at radius 2 is 1.70 bits per heavy atom. The van der Waals surface area contributed by atoms with E-state index in [2.05, 4.69) is 57.0 Å². The van der Waals surface area contributed by atoms with E-state index < -0.39 is 5.91 Å². The van der Waals surface area contributed by atoms with Crippen molar-refractivity contribution in [2.45, 2.75) is 64.8 Å². The maximum atomic E-state index is 12.7. The van der Waals surface area contributed by atoms with Gasteiger partial charge >= 0.3 is 0 Å². The summed E-state index contributed by atoms with van der Waals surface area (Å²) in [6.07, 6.45) is 8.90. The van der Waals surface area contributed by atoms with Gasteiger partial charge in [0, 0.05) is 23.4 Å². The summed E-state index contributed by atoms with van der Waals surface area (Å²) < 4.78 is 0. The van der Waals surface area contributed by atoms with Crippen molar-refractivity contribution in [1.29, 1.82) is 5.41 Å². The Hall–Kier alpha value is -4.78. The SMILES string of the molecule is CC#CC(N)=O.CC(C)c1ccnc(NC(=O)c2ccc(C(=N)c3c(N)ncnc3NC3CCCCC3)cc2)c1. The van der Waals surface area contributed by atoms with Crippen LogP contribution in [0.2, 0.25) is 0 Å². The minimum atomic E-state index is -0.572. The van der Waals surface area contributed by atoms with Crippen LogP contribution in [-0.2, 0) is 4.79 Å². The molecule has 0 saturated heterocycles. The van der Waals surface area contributed by atoms with Gasteiger partial charge in [-0.05, 0) is 61.4 Å². The van der Waals surface area contributed by atoms with E-state index in [0.29, 0.717) is 40.3 Å². The van der Waals surface area contributed by atoms with E-state index in [9.17, 15) is 9.59 Å². The van der Waals surface area contributed by atoms with Crippen molar-refractivity contribution in [3.05, 3.63) is 71.2 Å². The van der Waals surface area contributed by atoms with Crippen molar-refractivity contribution in [2.75, 3.05) is 16.4 Å². The number of carbonyl (C=O) groups excluding carboxylic acids is 2. The fraction of sp³-hybridized carbons (Fsp3) is 0.333. The number of nitrogens with two attached hydrogens (primary N) is 2. The molecule has 1 fully saturated rings. The van der Waals surface area contributed by atoms with Crippen LogP contribution < -0.4 is 22.1 Å². The number of hydrogen-bond acceptors (Lipinski definition) is 8. The predicted octanol–water partition coefficient (Wildman–Crippen LogP) is 4.49. The number of nitrogen functional groups attached to an aromatic ring is 1. The third-order valence-electron chi connectivity index (χ3n) is 6.45. The molecule has 2 heterocycles. The standard InChI is InChI=1S/C26H31N7O.C4H5NO/c1-16(2)19-12-13-29-21(14-19)33-26(34)18-10-8-17(9-11-18)23(27)22-24(28)30-15-31-25(22)32-20-6-4-3-5-7-20;1-2-3-4(5)6/h8-16,20,27H,3-7H2,1-2H3,(H,29,33,34)(H3,28,30,31,32);1H3,(H2,5,6). The zero-order valence-electron chi connectivity index (χ0n) is 23.1. The molecule has 0 atom stereocenters. The molecule has 4 rings (SSSR count). The van der Waals surface area contributed by atoms with Gasteiger partial charge in [-0.25, -0.2) is 15.0 Å². The smallest absolute Gasteiger partial charge is 0.293 e. The van der Waals surface area contributed by atoms with E-state index in [1.165, 1.54) is 25.6 Å². The predicted molar refractivity (Wildman–Crippen MR) is 158 cm³/mol. The normalized spacial score (nSPS) is 12.8. The van der Waals surface area contributed by atoms with Crippen LogP contribution in [0.1, 0.15) is 85.8 Å². The second-order valence-electron chi connectivity index (χ2n) is 9.74. The highest BCUT2D eigenvalue weighted by molar-refractivity contribution is 6.16. The quantitative estimate of drug-likeness (QED) is 0.217. The number of benzene rings is 1. The molecule has 7 N–H and O–H groups in total. The van der Waals surface area contributed by atoms with Gasteiger partial charge in [0.25, 0.3) is 11.8 Å². The largest absolute Gasteiger partial charge is 0.383 e. The van der Waals surface area contributed by atoms with Crippen molar-refractivity contribution in [3.8, 4) is 11.8 Å². The molecule has 0 unspecified atom stereocenters. The number of aromatic nitrogens is 3. The van der Waals surface area contributed by atoms with Gasteiger partial charge in [0.2, 0.25) is 0 Å². The van der Waals surface area contributed by atoms with Crippen LogP contribution in [0.25, 0.3) is 0 Å². The van der Waals surface area contributed by atoms with E-state index in [-0.39, 0.29) is 17.4 Å². The van der Waals surface area contributed by atoms with Crippen LogP contribution in [0.3, 0.4) is 0 Å². The molecule has 2 amide bonds. The molecular formula is C30H36N8O2. The van der Waals surface area contributed by atoms with E-state index in [4.69, 9.17) is 11.1 Å².